The summed E-state index contributed by atoms with van der Waals surface area (Å²) in [6.07, 6.45) is 0.381. The smallest absolute Gasteiger partial charge is 0.272 e. The summed E-state index contributed by atoms with van der Waals surface area (Å²) in [5.74, 6) is 0.0392. The molecule has 0 radical (unpaired) electrons. The van der Waals surface area contributed by atoms with Crippen LogP contribution in [0.3, 0.4) is 0 Å². The number of nitrogens with one attached hydrogen (secondary N) is 1. The Balaban J connectivity index is 1.59. The Labute approximate surface area is 206 Å². The van der Waals surface area contributed by atoms with Crippen LogP contribution in [-0.2, 0) is 14.6 Å². The Kier molecular flexibility index (Phi) is 6.47. The summed E-state index contributed by atoms with van der Waals surface area (Å²) in [7, 11) is -1.56. The van der Waals surface area contributed by atoms with E-state index in [0.717, 1.165) is 0 Å². The number of nitrogens with zero attached hydrogens (tertiary/aromatic N) is 3. The molecule has 1 unspecified atom stereocenters. The lowest BCUT2D eigenvalue weighted by atomic mass is 10.0. The van der Waals surface area contributed by atoms with Crippen molar-refractivity contribution in [2.24, 2.45) is 0 Å². The van der Waals surface area contributed by atoms with Crippen LogP contribution in [0, 0.1) is 6.92 Å². The number of pyridine rings is 1. The number of ether oxygens (including phenoxy) is 2. The number of halogens is 3. The number of aromatic nitrogens is 2. The molecule has 2 aliphatic heterocycles. The van der Waals surface area contributed by atoms with Crippen molar-refractivity contribution in [3.05, 3.63) is 52.5 Å². The monoisotopic (exact) mass is 530 g/mol. The van der Waals surface area contributed by atoms with Crippen molar-refractivity contribution in [1.82, 2.24) is 19.6 Å². The SMILES string of the molecule is Cc1c(C(=O)NC2CS(=O)(=O)C2(C)C)nc2ccc(OC3=C(OCC(F)F)C=C(Cl)CN3C)cn12. The molecule has 0 bridgehead atoms. The van der Waals surface area contributed by atoms with Crippen molar-refractivity contribution in [2.75, 3.05) is 26.0 Å². The van der Waals surface area contributed by atoms with Crippen LogP contribution in [0.1, 0.15) is 30.0 Å². The second-order valence-corrected chi connectivity index (χ2v) is 12.1. The third kappa shape index (κ3) is 4.68. The highest BCUT2D eigenvalue weighted by atomic mass is 35.5. The number of carbonyl (C=O) groups is 1. The van der Waals surface area contributed by atoms with E-state index in [9.17, 15) is 22.0 Å². The van der Waals surface area contributed by atoms with Crippen molar-refractivity contribution >= 4 is 33.0 Å². The maximum Gasteiger partial charge on any atom is 0.272 e. The first-order valence-electron chi connectivity index (χ1n) is 10.7. The lowest BCUT2D eigenvalue weighted by Gasteiger charge is -2.43. The van der Waals surface area contributed by atoms with Gasteiger partial charge in [-0.15, -0.1) is 0 Å². The normalized spacial score (nSPS) is 21.1. The van der Waals surface area contributed by atoms with E-state index in [0.29, 0.717) is 28.7 Å². The van der Waals surface area contributed by atoms with Crippen molar-refractivity contribution in [1.29, 1.82) is 0 Å². The zero-order chi connectivity index (χ0) is 25.7. The maximum atomic E-state index is 12.9. The third-order valence-electron chi connectivity index (χ3n) is 6.19. The van der Waals surface area contributed by atoms with Gasteiger partial charge in [0.25, 0.3) is 12.3 Å². The van der Waals surface area contributed by atoms with Gasteiger partial charge in [0.05, 0.1) is 35.0 Å². The Bertz CT molecular complexity index is 1350. The number of hydrogen-bond donors (Lipinski definition) is 1. The highest BCUT2D eigenvalue weighted by Crippen LogP contribution is 2.34. The summed E-state index contributed by atoms with van der Waals surface area (Å²) in [6, 6.07) is 2.75. The first kappa shape index (κ1) is 25.2. The zero-order valence-electron chi connectivity index (χ0n) is 19.5. The first-order chi connectivity index (χ1) is 16.3. The van der Waals surface area contributed by atoms with Crippen LogP contribution >= 0.6 is 11.6 Å². The number of likely N-dealkylation sites (N-methyl/N-ethyl adjacent to an activating group) is 1. The number of allylic oxidation sites excluding steroid dienone is 1. The third-order valence-corrected chi connectivity index (χ3v) is 9.08. The minimum absolute atomic E-state index is 0.0737. The fourth-order valence-electron chi connectivity index (χ4n) is 3.84. The van der Waals surface area contributed by atoms with E-state index in [1.165, 1.54) is 6.08 Å². The van der Waals surface area contributed by atoms with E-state index in [1.807, 2.05) is 0 Å². The zero-order valence-corrected chi connectivity index (χ0v) is 21.1. The number of alkyl halides is 2. The molecule has 0 spiro atoms. The highest BCUT2D eigenvalue weighted by Gasteiger charge is 2.54. The summed E-state index contributed by atoms with van der Waals surface area (Å²) in [5.41, 5.74) is 1.15. The molecule has 35 heavy (non-hydrogen) atoms. The molecule has 0 aliphatic carbocycles. The second kappa shape index (κ2) is 8.98. The Hall–Kier alpha value is -2.86. The summed E-state index contributed by atoms with van der Waals surface area (Å²) >= 11 is 6.08. The van der Waals surface area contributed by atoms with E-state index >= 15 is 0 Å². The fraction of sp³-hybridized carbons (Fsp3) is 0.455. The number of fused-ring (bicyclic) bond motifs is 1. The molecule has 2 aliphatic rings. The molecule has 2 aromatic heterocycles. The van der Waals surface area contributed by atoms with Crippen molar-refractivity contribution in [2.45, 2.75) is 38.0 Å². The summed E-state index contributed by atoms with van der Waals surface area (Å²) < 4.78 is 61.0. The van der Waals surface area contributed by atoms with E-state index in [-0.39, 0.29) is 23.1 Å². The molecule has 1 N–H and O–H groups in total. The number of amides is 1. The van der Waals surface area contributed by atoms with E-state index in [4.69, 9.17) is 21.1 Å². The van der Waals surface area contributed by atoms with Gasteiger partial charge in [0.1, 0.15) is 23.7 Å². The van der Waals surface area contributed by atoms with Gasteiger partial charge in [0.2, 0.25) is 5.88 Å². The van der Waals surface area contributed by atoms with Crippen molar-refractivity contribution in [3.63, 3.8) is 0 Å². The van der Waals surface area contributed by atoms with Gasteiger partial charge in [0.15, 0.2) is 15.6 Å². The molecule has 1 saturated heterocycles. The number of hydrogen-bond acceptors (Lipinski definition) is 7. The van der Waals surface area contributed by atoms with Crippen LogP contribution in [0.25, 0.3) is 5.65 Å². The molecule has 2 aromatic rings. The van der Waals surface area contributed by atoms with Gasteiger partial charge in [-0.1, -0.05) is 11.6 Å². The second-order valence-electron chi connectivity index (χ2n) is 8.97. The molecule has 13 heteroatoms. The van der Waals surface area contributed by atoms with Crippen LogP contribution in [0.4, 0.5) is 8.78 Å². The predicted octanol–water partition coefficient (Wildman–Crippen LogP) is 2.85. The summed E-state index contributed by atoms with van der Waals surface area (Å²) in [6.45, 7) is 4.36. The van der Waals surface area contributed by atoms with Crippen LogP contribution in [0.5, 0.6) is 5.75 Å². The van der Waals surface area contributed by atoms with E-state index in [2.05, 4.69) is 10.3 Å². The predicted molar refractivity (Wildman–Crippen MR) is 125 cm³/mol. The Morgan fingerprint density at radius 3 is 2.71 bits per heavy atom. The molecule has 4 heterocycles. The summed E-state index contributed by atoms with van der Waals surface area (Å²) in [4.78, 5) is 18.9. The molecule has 9 nitrogen and oxygen atoms in total. The van der Waals surface area contributed by atoms with Gasteiger partial charge in [-0.2, -0.15) is 0 Å². The maximum absolute atomic E-state index is 12.9. The van der Waals surface area contributed by atoms with Gasteiger partial charge in [-0.3, -0.25) is 9.20 Å². The minimum atomic E-state index is -3.24. The molecular weight excluding hydrogens is 506 g/mol. The van der Waals surface area contributed by atoms with Gasteiger partial charge >= 0.3 is 0 Å². The lowest BCUT2D eigenvalue weighted by Crippen LogP contribution is -2.66. The topological polar surface area (TPSA) is 102 Å². The molecule has 1 fully saturated rings. The van der Waals surface area contributed by atoms with Crippen molar-refractivity contribution < 1.29 is 31.5 Å². The van der Waals surface area contributed by atoms with Gasteiger partial charge in [-0.05, 0) is 32.9 Å². The van der Waals surface area contributed by atoms with Crippen LogP contribution in [-0.4, -0.2) is 71.8 Å². The highest BCUT2D eigenvalue weighted by molar-refractivity contribution is 7.94. The molecule has 4 rings (SSSR count). The number of rotatable bonds is 7. The first-order valence-corrected chi connectivity index (χ1v) is 12.8. The molecule has 1 amide bonds. The number of aryl methyl sites for hydroxylation is 1. The minimum Gasteiger partial charge on any atom is -0.482 e. The van der Waals surface area contributed by atoms with Gasteiger partial charge in [0, 0.05) is 18.2 Å². The van der Waals surface area contributed by atoms with Crippen LogP contribution < -0.4 is 10.1 Å². The fourth-order valence-corrected chi connectivity index (χ4v) is 5.77. The summed E-state index contributed by atoms with van der Waals surface area (Å²) in [5, 5.41) is 3.17. The molecule has 0 saturated carbocycles. The van der Waals surface area contributed by atoms with Gasteiger partial charge in [-0.25, -0.2) is 22.2 Å². The number of sulfone groups is 1. The van der Waals surface area contributed by atoms with Crippen LogP contribution in [0.15, 0.2) is 41.1 Å². The number of imidazole rings is 1. The largest absolute Gasteiger partial charge is 0.482 e. The van der Waals surface area contributed by atoms with E-state index in [1.54, 1.807) is 55.4 Å². The van der Waals surface area contributed by atoms with E-state index < -0.39 is 39.6 Å². The van der Waals surface area contributed by atoms with Crippen molar-refractivity contribution in [3.8, 4) is 5.75 Å². The molecular formula is C22H25ClF2N4O5S. The standard InChI is InChI=1S/C22H25ClF2N4O5S/c1-12-19(20(30)26-16-11-35(31,32)22(16,2)3)27-18-6-5-14(9-29(12)18)34-21-15(33-10-17(24)25)7-13(23)8-28(21)4/h5-7,9,16-17H,8,10-11H2,1-4H3,(H,26,30). The average Bonchev–Trinajstić information content (AvgIpc) is 3.09. The van der Waals surface area contributed by atoms with Crippen LogP contribution in [0.2, 0.25) is 0 Å². The quantitative estimate of drug-likeness (QED) is 0.587. The molecule has 1 atom stereocenters. The Morgan fingerprint density at radius 2 is 2.09 bits per heavy atom. The lowest BCUT2D eigenvalue weighted by molar-refractivity contribution is 0.0440. The average molecular weight is 531 g/mol. The Morgan fingerprint density at radius 1 is 1.37 bits per heavy atom. The van der Waals surface area contributed by atoms with Gasteiger partial charge < -0.3 is 19.7 Å². The molecule has 0 aromatic carbocycles. The number of carbonyl (C=O) groups excluding carboxylic acids is 1. The molecule has 190 valence electrons.